The van der Waals surface area contributed by atoms with Crippen LogP contribution in [0.2, 0.25) is 5.02 Å². The van der Waals surface area contributed by atoms with Crippen LogP contribution in [0.4, 0.5) is 5.69 Å². The Balaban J connectivity index is 2.06. The predicted octanol–water partition coefficient (Wildman–Crippen LogP) is 5.90. The van der Waals surface area contributed by atoms with Gasteiger partial charge in [-0.1, -0.05) is 67.5 Å². The van der Waals surface area contributed by atoms with Crippen molar-refractivity contribution in [3.05, 3.63) is 95.3 Å². The number of halogens is 1. The quantitative estimate of drug-likeness (QED) is 0.230. The van der Waals surface area contributed by atoms with Gasteiger partial charge in [0.05, 0.1) is 5.02 Å². The molecule has 3 rings (SSSR count). The molecule has 0 aliphatic rings. The first-order valence-electron chi connectivity index (χ1n) is 9.15. The third-order valence-electron chi connectivity index (χ3n) is 4.30. The fraction of sp³-hybridized carbons (Fsp3) is 0.130. The highest BCUT2D eigenvalue weighted by atomic mass is 35.5. The lowest BCUT2D eigenvalue weighted by Crippen LogP contribution is -2.38. The molecule has 1 heterocycles. The monoisotopic (exact) mass is 409 g/mol. The summed E-state index contributed by atoms with van der Waals surface area (Å²) < 4.78 is 1.82. The molecule has 142 valence electrons. The number of aryl methyl sites for hydroxylation is 1. The van der Waals surface area contributed by atoms with Gasteiger partial charge in [-0.05, 0) is 36.2 Å². The van der Waals surface area contributed by atoms with Gasteiger partial charge in [0.15, 0.2) is 17.4 Å². The third-order valence-corrected chi connectivity index (χ3v) is 4.92. The van der Waals surface area contributed by atoms with Crippen molar-refractivity contribution in [1.29, 1.82) is 0 Å². The molecule has 3 nitrogen and oxygen atoms in total. The number of nitrogens with one attached hydrogen (secondary N) is 1. The minimum absolute atomic E-state index is 0.0206. The predicted molar refractivity (Wildman–Crippen MR) is 120 cm³/mol. The first-order chi connectivity index (χ1) is 13.6. The highest BCUT2D eigenvalue weighted by Gasteiger charge is 2.25. The average Bonchev–Trinajstić information content (AvgIpc) is 2.71. The summed E-state index contributed by atoms with van der Waals surface area (Å²) in [6.45, 7) is 2.15. The van der Waals surface area contributed by atoms with Gasteiger partial charge in [-0.2, -0.15) is 4.57 Å². The molecule has 5 heteroatoms. The summed E-state index contributed by atoms with van der Waals surface area (Å²) in [5.74, 6) is 0.0206. The van der Waals surface area contributed by atoms with Crippen LogP contribution in [-0.2, 0) is 6.42 Å². The fourth-order valence-electron chi connectivity index (χ4n) is 2.90. The Morgan fingerprint density at radius 2 is 1.64 bits per heavy atom. The van der Waals surface area contributed by atoms with Crippen molar-refractivity contribution in [3.8, 4) is 0 Å². The molecule has 0 radical (unpaired) electrons. The zero-order chi connectivity index (χ0) is 19.9. The summed E-state index contributed by atoms with van der Waals surface area (Å²) in [6, 6.07) is 20.9. The Labute approximate surface area is 175 Å². The van der Waals surface area contributed by atoms with Gasteiger partial charge in [0, 0.05) is 23.4 Å². The fourth-order valence-corrected chi connectivity index (χ4v) is 3.45. The lowest BCUT2D eigenvalue weighted by Gasteiger charge is -2.11. The van der Waals surface area contributed by atoms with E-state index in [1.165, 1.54) is 5.56 Å². The number of rotatable bonds is 6. The largest absolute Gasteiger partial charge is 0.502 e. The number of aliphatic hydroxyl groups is 1. The number of benzene rings is 2. The van der Waals surface area contributed by atoms with Crippen LogP contribution in [-0.4, -0.2) is 10.1 Å². The Morgan fingerprint density at radius 1 is 1.00 bits per heavy atom. The number of para-hydroxylation sites is 1. The summed E-state index contributed by atoms with van der Waals surface area (Å²) in [7, 11) is 0. The topological polar surface area (TPSA) is 36.1 Å². The van der Waals surface area contributed by atoms with Gasteiger partial charge in [-0.25, -0.2) is 0 Å². The smallest absolute Gasteiger partial charge is 0.288 e. The third kappa shape index (κ3) is 4.77. The van der Waals surface area contributed by atoms with Gasteiger partial charge in [0.2, 0.25) is 5.76 Å². The molecule has 0 saturated heterocycles. The second-order valence-electron chi connectivity index (χ2n) is 6.36. The highest BCUT2D eigenvalue weighted by molar-refractivity contribution is 7.81. The van der Waals surface area contributed by atoms with E-state index in [9.17, 15) is 5.11 Å². The minimum atomic E-state index is 0.0206. The Morgan fingerprint density at radius 3 is 2.29 bits per heavy atom. The molecule has 2 N–H and O–H groups in total. The summed E-state index contributed by atoms with van der Waals surface area (Å²) >= 11 is 12.0. The molecule has 0 spiro atoms. The van der Waals surface area contributed by atoms with Crippen LogP contribution in [0.15, 0.2) is 79.1 Å². The summed E-state index contributed by atoms with van der Waals surface area (Å²) in [6.07, 6.45) is 5.90. The van der Waals surface area contributed by atoms with E-state index in [2.05, 4.69) is 12.2 Å². The van der Waals surface area contributed by atoms with Crippen molar-refractivity contribution in [3.63, 3.8) is 0 Å². The van der Waals surface area contributed by atoms with E-state index in [1.807, 2.05) is 71.6 Å². The number of hydrogen-bond acceptors (Lipinski definition) is 2. The summed E-state index contributed by atoms with van der Waals surface area (Å²) in [5.41, 5.74) is 3.08. The molecule has 0 unspecified atom stereocenters. The lowest BCUT2D eigenvalue weighted by molar-refractivity contribution is -0.575. The zero-order valence-corrected chi connectivity index (χ0v) is 17.2. The first kappa shape index (κ1) is 20.1. The molecule has 0 saturated carbocycles. The van der Waals surface area contributed by atoms with E-state index < -0.39 is 0 Å². The Hall–Kier alpha value is -2.69. The van der Waals surface area contributed by atoms with Crippen LogP contribution >= 0.6 is 23.8 Å². The number of pyridine rings is 1. The summed E-state index contributed by atoms with van der Waals surface area (Å²) in [5, 5.41) is 14.7. The van der Waals surface area contributed by atoms with Crippen LogP contribution in [0.3, 0.4) is 0 Å². The molecule has 0 atom stereocenters. The van der Waals surface area contributed by atoms with E-state index in [1.54, 1.807) is 12.1 Å². The van der Waals surface area contributed by atoms with E-state index in [0.29, 0.717) is 21.3 Å². The molecule has 3 aromatic rings. The molecule has 0 aliphatic heterocycles. The number of aromatic nitrogens is 1. The average molecular weight is 410 g/mol. The second-order valence-corrected chi connectivity index (χ2v) is 7.18. The second kappa shape index (κ2) is 9.49. The van der Waals surface area contributed by atoms with Crippen molar-refractivity contribution in [2.24, 2.45) is 0 Å². The molecule has 0 bridgehead atoms. The first-order valence-corrected chi connectivity index (χ1v) is 9.94. The molecule has 0 aliphatic carbocycles. The molecular formula is C23H22ClN2OS+. The van der Waals surface area contributed by atoms with Gasteiger partial charge in [-0.3, -0.25) is 0 Å². The molecular weight excluding hydrogens is 388 g/mol. The van der Waals surface area contributed by atoms with Crippen LogP contribution in [0.25, 0.3) is 11.5 Å². The lowest BCUT2D eigenvalue weighted by atomic mass is 10.1. The number of thiocarbonyl (C=S) groups is 1. The molecule has 28 heavy (non-hydrogen) atoms. The van der Waals surface area contributed by atoms with Gasteiger partial charge in [0.1, 0.15) is 0 Å². The van der Waals surface area contributed by atoms with Crippen LogP contribution < -0.4 is 9.88 Å². The van der Waals surface area contributed by atoms with E-state index in [0.717, 1.165) is 18.5 Å². The maximum atomic E-state index is 11.1. The van der Waals surface area contributed by atoms with Crippen molar-refractivity contribution in [2.45, 2.75) is 19.8 Å². The normalized spacial score (nSPS) is 11.6. The van der Waals surface area contributed by atoms with Crippen LogP contribution in [0, 0.1) is 0 Å². The Bertz CT molecular complexity index is 985. The molecule has 1 aromatic heterocycles. The maximum absolute atomic E-state index is 11.1. The van der Waals surface area contributed by atoms with Crippen molar-refractivity contribution >= 4 is 46.0 Å². The van der Waals surface area contributed by atoms with Crippen molar-refractivity contribution in [1.82, 2.24) is 0 Å². The Kier molecular flexibility index (Phi) is 6.80. The number of nitrogens with zero attached hydrogens (tertiary/aromatic N) is 1. The number of anilines is 1. The molecule has 0 amide bonds. The zero-order valence-electron chi connectivity index (χ0n) is 15.6. The van der Waals surface area contributed by atoms with Gasteiger partial charge < -0.3 is 10.4 Å². The van der Waals surface area contributed by atoms with Crippen LogP contribution in [0.5, 0.6) is 0 Å². The van der Waals surface area contributed by atoms with E-state index in [4.69, 9.17) is 23.8 Å². The van der Waals surface area contributed by atoms with Gasteiger partial charge >= 0.3 is 0 Å². The SMILES string of the molecule is CCCc1cc[n+](C(C(=S)Nc2ccccc2)=C(O)c2ccccc2Cl)cc1. The minimum Gasteiger partial charge on any atom is -0.502 e. The number of aliphatic hydroxyl groups excluding tert-OH is 1. The van der Waals surface area contributed by atoms with E-state index >= 15 is 0 Å². The molecule has 2 aromatic carbocycles. The van der Waals surface area contributed by atoms with Crippen LogP contribution in [0.1, 0.15) is 24.5 Å². The van der Waals surface area contributed by atoms with Gasteiger partial charge in [-0.15, -0.1) is 0 Å². The summed E-state index contributed by atoms with van der Waals surface area (Å²) in [4.78, 5) is 0.400. The molecule has 0 fully saturated rings. The van der Waals surface area contributed by atoms with Gasteiger partial charge in [0.25, 0.3) is 5.70 Å². The maximum Gasteiger partial charge on any atom is 0.288 e. The van der Waals surface area contributed by atoms with Crippen molar-refractivity contribution < 1.29 is 9.67 Å². The van der Waals surface area contributed by atoms with E-state index in [-0.39, 0.29) is 5.76 Å². The van der Waals surface area contributed by atoms with Crippen molar-refractivity contribution in [2.75, 3.05) is 5.32 Å². The standard InChI is InChI=1S/C23H21ClN2OS/c1-2-8-17-13-15-26(16-14-17)21(22(27)19-11-6-7-12-20(19)24)23(28)25-18-9-4-3-5-10-18/h3-7,9-16H,2,8H2,1H3,(H-,25,27,28)/p+1. The number of hydrogen-bond donors (Lipinski definition) is 2. The highest BCUT2D eigenvalue weighted by Crippen LogP contribution is 2.25.